The molecule has 6 heteroatoms. The first-order chi connectivity index (χ1) is 8.16. The van der Waals surface area contributed by atoms with Gasteiger partial charge in [-0.15, -0.1) is 0 Å². The molecule has 2 N–H and O–H groups in total. The molecule has 1 radical (unpaired) electrons. The highest BCUT2D eigenvalue weighted by molar-refractivity contribution is 5.39. The highest BCUT2D eigenvalue weighted by atomic mass is 19.1. The fourth-order valence-corrected chi connectivity index (χ4v) is 1.20. The van der Waals surface area contributed by atoms with E-state index >= 15 is 0 Å². The van der Waals surface area contributed by atoms with E-state index in [-0.39, 0.29) is 16.3 Å². The summed E-state index contributed by atoms with van der Waals surface area (Å²) in [5.74, 6) is 4.66. The molecular formula is C11H8FN3O2+. The van der Waals surface area contributed by atoms with E-state index in [0.717, 1.165) is 6.07 Å². The van der Waals surface area contributed by atoms with Crippen molar-refractivity contribution in [2.45, 2.75) is 0 Å². The maximum Gasteiger partial charge on any atom is 0.294 e. The summed E-state index contributed by atoms with van der Waals surface area (Å²) in [6.07, 6.45) is 4.03. The Balaban J connectivity index is 2.26. The quantitative estimate of drug-likeness (QED) is 0.500. The molecule has 5 nitrogen and oxygen atoms in total. The lowest BCUT2D eigenvalue weighted by atomic mass is 10.3. The van der Waals surface area contributed by atoms with E-state index in [9.17, 15) is 9.30 Å². The molecule has 1 heterocycles. The molecule has 2 aromatic rings. The van der Waals surface area contributed by atoms with Gasteiger partial charge in [-0.05, 0) is 12.1 Å². The predicted octanol–water partition coefficient (Wildman–Crippen LogP) is 2.10. The average molecular weight is 233 g/mol. The summed E-state index contributed by atoms with van der Waals surface area (Å²) in [7, 11) is 0. The number of nitroso groups, excluding NO2 is 1. The third-order valence-electron chi connectivity index (χ3n) is 1.99. The number of hydrogen-bond donors (Lipinski definition) is 1. The molecule has 0 aliphatic heterocycles. The summed E-state index contributed by atoms with van der Waals surface area (Å²) in [5, 5.41) is 0. The van der Waals surface area contributed by atoms with Gasteiger partial charge in [0.25, 0.3) is 5.69 Å². The molecule has 1 aromatic heterocycles. The standard InChI is InChI=1S/C11H8FN3O2/c12-10-7-8(15(13)16)1-2-11(10)17-9-3-5-14-6-4-9/h1-5,7H,(H2,13,16)/q+1. The highest BCUT2D eigenvalue weighted by Crippen LogP contribution is 2.26. The molecule has 0 bridgehead atoms. The van der Waals surface area contributed by atoms with Gasteiger partial charge in [-0.25, -0.2) is 4.39 Å². The van der Waals surface area contributed by atoms with Crippen LogP contribution in [0.1, 0.15) is 0 Å². The minimum absolute atomic E-state index is 0.00444. The van der Waals surface area contributed by atoms with Gasteiger partial charge >= 0.3 is 0 Å². The van der Waals surface area contributed by atoms with Crippen molar-refractivity contribution in [2.24, 2.45) is 5.84 Å². The lowest BCUT2D eigenvalue weighted by Gasteiger charge is -2.05. The average Bonchev–Trinajstić information content (AvgIpc) is 2.33. The fourth-order valence-electron chi connectivity index (χ4n) is 1.20. The van der Waals surface area contributed by atoms with Crippen molar-refractivity contribution >= 4 is 5.69 Å². The van der Waals surface area contributed by atoms with Crippen LogP contribution < -0.4 is 10.6 Å². The lowest BCUT2D eigenvalue weighted by Crippen LogP contribution is -2.08. The smallest absolute Gasteiger partial charge is 0.294 e. The van der Waals surface area contributed by atoms with Gasteiger partial charge in [-0.1, -0.05) is 0 Å². The Bertz CT molecular complexity index is 546. The molecule has 0 amide bonds. The maximum atomic E-state index is 13.5. The van der Waals surface area contributed by atoms with Gasteiger partial charge in [0.2, 0.25) is 0 Å². The highest BCUT2D eigenvalue weighted by Gasteiger charge is 2.14. The zero-order chi connectivity index (χ0) is 12.3. The number of hydrogen-bond acceptors (Lipinski definition) is 3. The molecule has 0 fully saturated rings. The number of hydrazine groups is 1. The summed E-state index contributed by atoms with van der Waals surface area (Å²) in [4.78, 5) is 14.5. The number of aromatic nitrogens is 1. The summed E-state index contributed by atoms with van der Waals surface area (Å²) in [6.45, 7) is 0. The largest absolute Gasteiger partial charge is 0.454 e. The van der Waals surface area contributed by atoms with Crippen molar-refractivity contribution in [2.75, 3.05) is 0 Å². The van der Waals surface area contributed by atoms with Gasteiger partial charge < -0.3 is 4.74 Å². The van der Waals surface area contributed by atoms with Gasteiger partial charge in [0, 0.05) is 18.3 Å². The van der Waals surface area contributed by atoms with Gasteiger partial charge in [0.1, 0.15) is 5.75 Å². The molecule has 0 atom stereocenters. The van der Waals surface area contributed by atoms with Crippen LogP contribution in [0.3, 0.4) is 0 Å². The first kappa shape index (κ1) is 11.0. The molecule has 0 saturated heterocycles. The molecular weight excluding hydrogens is 225 g/mol. The molecule has 0 saturated carbocycles. The summed E-state index contributed by atoms with van der Waals surface area (Å²) < 4.78 is 18.8. The van der Waals surface area contributed by atoms with Crippen LogP contribution in [0.25, 0.3) is 0 Å². The van der Waals surface area contributed by atoms with E-state index < -0.39 is 5.82 Å². The van der Waals surface area contributed by atoms with Gasteiger partial charge in [-0.3, -0.25) is 4.98 Å². The Morgan fingerprint density at radius 1 is 1.41 bits per heavy atom. The number of ether oxygens (including phenoxy) is 1. The molecule has 0 spiro atoms. The van der Waals surface area contributed by atoms with Crippen LogP contribution in [-0.2, 0) is 0 Å². The van der Waals surface area contributed by atoms with Crippen molar-refractivity contribution in [1.29, 1.82) is 0 Å². The van der Waals surface area contributed by atoms with E-state index in [2.05, 4.69) is 11.2 Å². The zero-order valence-electron chi connectivity index (χ0n) is 8.63. The minimum atomic E-state index is -0.675. The molecule has 0 unspecified atom stereocenters. The van der Waals surface area contributed by atoms with Crippen molar-refractivity contribution in [1.82, 2.24) is 4.98 Å². The van der Waals surface area contributed by atoms with Crippen LogP contribution in [0, 0.1) is 16.9 Å². The molecule has 17 heavy (non-hydrogen) atoms. The number of halogens is 1. The number of benzene rings is 1. The molecule has 0 aliphatic carbocycles. The van der Waals surface area contributed by atoms with Crippen molar-refractivity contribution < 1.29 is 14.0 Å². The number of rotatable bonds is 3. The Hall–Kier alpha value is -2.50. The van der Waals surface area contributed by atoms with Gasteiger partial charge in [0.05, 0.1) is 17.2 Å². The fraction of sp³-hybridized carbons (Fsp3) is 0. The lowest BCUT2D eigenvalue weighted by molar-refractivity contribution is -0.474. The first-order valence-electron chi connectivity index (χ1n) is 4.68. The number of nitrogens with zero attached hydrogens (tertiary/aromatic N) is 2. The second-order valence-electron chi connectivity index (χ2n) is 3.16. The summed E-state index contributed by atoms with van der Waals surface area (Å²) >= 11 is 0. The Morgan fingerprint density at radius 2 is 2.24 bits per heavy atom. The Morgan fingerprint density at radius 3 is 2.82 bits per heavy atom. The van der Waals surface area contributed by atoms with Crippen molar-refractivity contribution in [3.63, 3.8) is 0 Å². The van der Waals surface area contributed by atoms with E-state index in [1.54, 1.807) is 6.07 Å². The van der Waals surface area contributed by atoms with Crippen molar-refractivity contribution in [3.05, 3.63) is 53.4 Å². The van der Waals surface area contributed by atoms with E-state index in [1.807, 2.05) is 0 Å². The second-order valence-corrected chi connectivity index (χ2v) is 3.16. The SMILES string of the molecule is N[N+](=O)c1ccc(Oc2c[c]ncc2)c(F)c1. The van der Waals surface area contributed by atoms with Crippen LogP contribution in [0.2, 0.25) is 0 Å². The van der Waals surface area contributed by atoms with Crippen LogP contribution >= 0.6 is 0 Å². The number of nitrogens with two attached hydrogens (primary N) is 1. The topological polar surface area (TPSA) is 68.2 Å². The van der Waals surface area contributed by atoms with Crippen LogP contribution in [-0.4, -0.2) is 9.85 Å². The molecule has 0 aliphatic rings. The Labute approximate surface area is 96.2 Å². The third-order valence-corrected chi connectivity index (χ3v) is 1.99. The predicted molar refractivity (Wildman–Crippen MR) is 57.0 cm³/mol. The minimum Gasteiger partial charge on any atom is -0.454 e. The van der Waals surface area contributed by atoms with Crippen LogP contribution in [0.4, 0.5) is 10.1 Å². The van der Waals surface area contributed by atoms with Crippen LogP contribution in [0.5, 0.6) is 11.5 Å². The number of pyridine rings is 1. The summed E-state index contributed by atoms with van der Waals surface area (Å²) in [6, 6.07) is 6.70. The van der Waals surface area contributed by atoms with E-state index in [0.29, 0.717) is 5.75 Å². The Kier molecular flexibility index (Phi) is 2.95. The third kappa shape index (κ3) is 2.54. The molecule has 1 aromatic carbocycles. The monoisotopic (exact) mass is 233 g/mol. The van der Waals surface area contributed by atoms with Gasteiger partial charge in [-0.2, -0.15) is 5.84 Å². The molecule has 85 valence electrons. The zero-order valence-corrected chi connectivity index (χ0v) is 8.63. The summed E-state index contributed by atoms with van der Waals surface area (Å²) in [5.41, 5.74) is 0.0103. The maximum absolute atomic E-state index is 13.5. The van der Waals surface area contributed by atoms with Crippen LogP contribution in [0.15, 0.2) is 36.5 Å². The molecule has 2 rings (SSSR count). The van der Waals surface area contributed by atoms with E-state index in [1.165, 1.54) is 24.4 Å². The van der Waals surface area contributed by atoms with Gasteiger partial charge in [0.15, 0.2) is 16.4 Å². The van der Waals surface area contributed by atoms with Crippen molar-refractivity contribution in [3.8, 4) is 11.5 Å². The first-order valence-corrected chi connectivity index (χ1v) is 4.68. The second kappa shape index (κ2) is 4.56. The van der Waals surface area contributed by atoms with E-state index in [4.69, 9.17) is 10.6 Å². The normalized spacial score (nSPS) is 9.94.